The molecule has 0 aliphatic rings. The van der Waals surface area contributed by atoms with E-state index in [9.17, 15) is 4.79 Å². The summed E-state index contributed by atoms with van der Waals surface area (Å²) in [5.41, 5.74) is 4.02. The largest absolute Gasteiger partial charge is 0.456 e. The molecule has 0 saturated carbocycles. The maximum atomic E-state index is 12.8. The number of hydrogen-bond donors (Lipinski definition) is 0. The summed E-state index contributed by atoms with van der Waals surface area (Å²) in [6.07, 6.45) is 0. The third-order valence-corrected chi connectivity index (χ3v) is 6.11. The Kier molecular flexibility index (Phi) is 5.47. The number of hydrogen-bond acceptors (Lipinski definition) is 2. The van der Waals surface area contributed by atoms with E-state index >= 15 is 0 Å². The first kappa shape index (κ1) is 22.6. The molecule has 34 heavy (non-hydrogen) atoms. The van der Waals surface area contributed by atoms with Gasteiger partial charge in [0.05, 0.1) is 0 Å². The summed E-state index contributed by atoms with van der Waals surface area (Å²) < 4.78 is 6.13. The van der Waals surface area contributed by atoms with Crippen molar-refractivity contribution in [2.24, 2.45) is 0 Å². The second kappa shape index (κ2) is 8.23. The van der Waals surface area contributed by atoms with E-state index in [1.54, 1.807) is 36.4 Å². The zero-order valence-electron chi connectivity index (χ0n) is 18.1. The third kappa shape index (κ3) is 3.25. The Bertz CT molecular complexity index is 1620. The van der Waals surface area contributed by atoms with Gasteiger partial charge in [-0.05, 0) is 5.56 Å². The van der Waals surface area contributed by atoms with Gasteiger partial charge in [0.2, 0.25) is 0 Å². The standard InChI is InChI=1S/C25H9B7O2/c26-16-13(10-6-8-12(9-7-10)23(33)11-4-2-1-3-5-11)24-14(17(27)19(16)29)15-18(28)20(30)21(31)22(32)25(15)34-24/h1-9H. The topological polar surface area (TPSA) is 30.2 Å². The van der Waals surface area contributed by atoms with Crippen molar-refractivity contribution in [3.8, 4) is 11.1 Å². The highest BCUT2D eigenvalue weighted by Gasteiger charge is 2.22. The Morgan fingerprint density at radius 2 is 1.03 bits per heavy atom. The molecule has 0 amide bonds. The first-order valence-electron chi connectivity index (χ1n) is 10.4. The lowest BCUT2D eigenvalue weighted by Crippen LogP contribution is -2.47. The fraction of sp³-hybridized carbons (Fsp3) is 0. The minimum atomic E-state index is -0.0997. The predicted octanol–water partition coefficient (Wildman–Crippen LogP) is -1.96. The summed E-state index contributed by atoms with van der Waals surface area (Å²) in [4.78, 5) is 12.8. The van der Waals surface area contributed by atoms with E-state index in [1.807, 2.05) is 18.2 Å². The van der Waals surface area contributed by atoms with Crippen molar-refractivity contribution in [2.75, 3.05) is 0 Å². The molecule has 0 atom stereocenters. The van der Waals surface area contributed by atoms with Gasteiger partial charge in [0.1, 0.15) is 66.1 Å². The van der Waals surface area contributed by atoms with Crippen LogP contribution in [0.25, 0.3) is 33.1 Å². The maximum absolute atomic E-state index is 12.8. The van der Waals surface area contributed by atoms with Crippen LogP contribution in [0.2, 0.25) is 0 Å². The van der Waals surface area contributed by atoms with E-state index in [0.717, 1.165) is 0 Å². The van der Waals surface area contributed by atoms with Gasteiger partial charge in [-0.3, -0.25) is 4.79 Å². The highest BCUT2D eigenvalue weighted by atomic mass is 16.3. The van der Waals surface area contributed by atoms with E-state index in [4.69, 9.17) is 59.3 Å². The van der Waals surface area contributed by atoms with E-state index in [-0.39, 0.29) is 49.6 Å². The lowest BCUT2D eigenvalue weighted by Gasteiger charge is -2.16. The highest BCUT2D eigenvalue weighted by molar-refractivity contribution is 6.69. The molecule has 5 rings (SSSR count). The highest BCUT2D eigenvalue weighted by Crippen LogP contribution is 2.31. The van der Waals surface area contributed by atoms with Crippen molar-refractivity contribution in [3.05, 3.63) is 65.7 Å². The van der Waals surface area contributed by atoms with Crippen molar-refractivity contribution in [3.63, 3.8) is 0 Å². The van der Waals surface area contributed by atoms with Gasteiger partial charge in [-0.25, -0.2) is 0 Å². The minimum absolute atomic E-state index is 0.0997. The molecule has 4 aromatic carbocycles. The van der Waals surface area contributed by atoms with Crippen molar-refractivity contribution >= 4 is 121 Å². The molecule has 0 spiro atoms. The molecule has 14 radical (unpaired) electrons. The van der Waals surface area contributed by atoms with Crippen LogP contribution in [0.15, 0.2) is 59.0 Å². The Hall–Kier alpha value is -3.20. The van der Waals surface area contributed by atoms with Crippen molar-refractivity contribution in [2.45, 2.75) is 0 Å². The van der Waals surface area contributed by atoms with Crippen LogP contribution in [0.3, 0.4) is 0 Å². The Balaban J connectivity index is 1.77. The number of fused-ring (bicyclic) bond motifs is 3. The van der Waals surface area contributed by atoms with Crippen molar-refractivity contribution in [1.29, 1.82) is 0 Å². The number of furan rings is 1. The van der Waals surface area contributed by atoms with E-state index < -0.39 is 0 Å². The van der Waals surface area contributed by atoms with Crippen LogP contribution < -0.4 is 38.2 Å². The average molecular weight is 417 g/mol. The molecular formula is C25H9B7O2. The second-order valence-corrected chi connectivity index (χ2v) is 8.05. The molecule has 1 aromatic heterocycles. The van der Waals surface area contributed by atoms with Crippen LogP contribution in [0.5, 0.6) is 0 Å². The lowest BCUT2D eigenvalue weighted by molar-refractivity contribution is 0.103. The summed E-state index contributed by atoms with van der Waals surface area (Å²) in [7, 11) is 43.5. The molecular weight excluding hydrogens is 408 g/mol. The summed E-state index contributed by atoms with van der Waals surface area (Å²) in [6, 6.07) is 16.0. The van der Waals surface area contributed by atoms with Gasteiger partial charge in [0.15, 0.2) is 5.78 Å². The molecule has 2 nitrogen and oxygen atoms in total. The molecule has 1 heterocycles. The van der Waals surface area contributed by atoms with Crippen molar-refractivity contribution < 1.29 is 9.21 Å². The fourth-order valence-electron chi connectivity index (χ4n) is 4.23. The number of ketones is 1. The fourth-order valence-corrected chi connectivity index (χ4v) is 4.23. The summed E-state index contributed by atoms with van der Waals surface area (Å²) >= 11 is 0. The molecule has 0 unspecified atom stereocenters. The van der Waals surface area contributed by atoms with Gasteiger partial charge in [0, 0.05) is 27.5 Å². The summed E-state index contributed by atoms with van der Waals surface area (Å²) in [6.45, 7) is 0. The molecule has 5 aromatic rings. The monoisotopic (exact) mass is 418 g/mol. The molecule has 0 bridgehead atoms. The zero-order valence-corrected chi connectivity index (χ0v) is 18.1. The lowest BCUT2D eigenvalue weighted by atomic mass is 9.64. The summed E-state index contributed by atoms with van der Waals surface area (Å²) in [5, 5.41) is 0.859. The second-order valence-electron chi connectivity index (χ2n) is 8.05. The molecule has 142 valence electrons. The van der Waals surface area contributed by atoms with Gasteiger partial charge in [-0.1, -0.05) is 76.4 Å². The Morgan fingerprint density at radius 3 is 1.65 bits per heavy atom. The normalized spacial score (nSPS) is 11.3. The van der Waals surface area contributed by atoms with E-state index in [0.29, 0.717) is 38.6 Å². The van der Waals surface area contributed by atoms with Gasteiger partial charge in [-0.15, -0.1) is 16.4 Å². The maximum Gasteiger partial charge on any atom is 0.193 e. The quantitative estimate of drug-likeness (QED) is 0.252. The predicted molar refractivity (Wildman–Crippen MR) is 147 cm³/mol. The number of carbonyl (C=O) groups is 1. The van der Waals surface area contributed by atoms with Crippen LogP contribution in [-0.2, 0) is 0 Å². The van der Waals surface area contributed by atoms with E-state index in [2.05, 4.69) is 0 Å². The van der Waals surface area contributed by atoms with Gasteiger partial charge in [-0.2, -0.15) is 0 Å². The van der Waals surface area contributed by atoms with Crippen LogP contribution in [0.4, 0.5) is 0 Å². The molecule has 9 heteroatoms. The van der Waals surface area contributed by atoms with Crippen LogP contribution in [0, 0.1) is 0 Å². The number of benzene rings is 4. The summed E-state index contributed by atoms with van der Waals surface area (Å²) in [5.74, 6) is -0.0997. The van der Waals surface area contributed by atoms with Crippen LogP contribution >= 0.6 is 0 Å². The number of rotatable bonds is 3. The molecule has 0 aliphatic heterocycles. The Labute approximate surface area is 206 Å². The van der Waals surface area contributed by atoms with Gasteiger partial charge < -0.3 is 4.42 Å². The Morgan fingerprint density at radius 1 is 0.529 bits per heavy atom. The number of carbonyl (C=O) groups excluding carboxylic acids is 1. The first-order chi connectivity index (χ1) is 16.2. The third-order valence-electron chi connectivity index (χ3n) is 6.11. The molecule has 0 aliphatic carbocycles. The van der Waals surface area contributed by atoms with E-state index in [1.165, 1.54) is 0 Å². The van der Waals surface area contributed by atoms with Gasteiger partial charge in [0.25, 0.3) is 0 Å². The van der Waals surface area contributed by atoms with Crippen molar-refractivity contribution in [1.82, 2.24) is 0 Å². The molecule has 0 saturated heterocycles. The van der Waals surface area contributed by atoms with Crippen LogP contribution in [0.1, 0.15) is 15.9 Å². The average Bonchev–Trinajstić information content (AvgIpc) is 3.26. The first-order valence-corrected chi connectivity index (χ1v) is 10.4. The smallest absolute Gasteiger partial charge is 0.193 e. The molecule has 0 fully saturated rings. The molecule has 0 N–H and O–H groups in total. The zero-order chi connectivity index (χ0) is 24.3. The van der Waals surface area contributed by atoms with Crippen LogP contribution in [-0.4, -0.2) is 60.7 Å². The minimum Gasteiger partial charge on any atom is -0.456 e. The SMILES string of the molecule is [B]c1c([B])c([B])c2c(oc3c(-c4ccc(C(=O)c5ccccc5)cc4)c([B])c([B])c([B])c32)c1[B]. The van der Waals surface area contributed by atoms with Gasteiger partial charge >= 0.3 is 0 Å².